The Labute approximate surface area is 115 Å². The molecular formula is C14H13N3O3. The molecule has 6 nitrogen and oxygen atoms in total. The number of aromatic nitrogens is 2. The molecule has 0 atom stereocenters. The average Bonchev–Trinajstić information content (AvgIpc) is 2.81. The van der Waals surface area contributed by atoms with Crippen molar-refractivity contribution >= 4 is 22.8 Å². The van der Waals surface area contributed by atoms with Crippen molar-refractivity contribution in [3.8, 4) is 11.8 Å². The Morgan fingerprint density at radius 1 is 1.45 bits per heavy atom. The predicted molar refractivity (Wildman–Crippen MR) is 73.2 cm³/mol. The molecule has 0 saturated carbocycles. The van der Waals surface area contributed by atoms with Crippen molar-refractivity contribution < 1.29 is 14.7 Å². The molecule has 0 spiro atoms. The number of H-pyrrole nitrogens is 1. The van der Waals surface area contributed by atoms with Crippen LogP contribution in [0.15, 0.2) is 18.2 Å². The van der Waals surface area contributed by atoms with Crippen LogP contribution in [0.1, 0.15) is 29.4 Å². The van der Waals surface area contributed by atoms with Crippen LogP contribution in [-0.2, 0) is 4.79 Å². The average molecular weight is 271 g/mol. The first-order valence-electron chi connectivity index (χ1n) is 6.02. The van der Waals surface area contributed by atoms with Crippen LogP contribution >= 0.6 is 0 Å². The van der Waals surface area contributed by atoms with E-state index in [1.165, 1.54) is 6.92 Å². The topological polar surface area (TPSA) is 95.1 Å². The fourth-order valence-corrected chi connectivity index (χ4v) is 1.72. The van der Waals surface area contributed by atoms with E-state index in [1.54, 1.807) is 18.2 Å². The summed E-state index contributed by atoms with van der Waals surface area (Å²) in [4.78, 5) is 21.7. The monoisotopic (exact) mass is 271 g/mol. The highest BCUT2D eigenvalue weighted by molar-refractivity contribution is 6.01. The number of rotatable bonds is 3. The maximum atomic E-state index is 11.0. The molecule has 6 heteroatoms. The molecule has 2 aromatic rings. The normalized spacial score (nSPS) is 9.85. The zero-order valence-electron chi connectivity index (χ0n) is 10.9. The molecule has 0 aliphatic heterocycles. The molecule has 0 aliphatic carbocycles. The van der Waals surface area contributed by atoms with Crippen molar-refractivity contribution in [2.45, 2.75) is 13.3 Å². The van der Waals surface area contributed by atoms with Gasteiger partial charge in [-0.2, -0.15) is 5.10 Å². The second-order valence-corrected chi connectivity index (χ2v) is 4.17. The first-order chi connectivity index (χ1) is 9.58. The lowest BCUT2D eigenvalue weighted by Gasteiger charge is -1.95. The van der Waals surface area contributed by atoms with Gasteiger partial charge < -0.3 is 10.4 Å². The Balaban J connectivity index is 2.15. The van der Waals surface area contributed by atoms with Gasteiger partial charge in [-0.15, -0.1) is 0 Å². The maximum absolute atomic E-state index is 11.0. The smallest absolute Gasteiger partial charge is 0.357 e. The Kier molecular flexibility index (Phi) is 4.01. The lowest BCUT2D eigenvalue weighted by molar-refractivity contribution is -0.118. The lowest BCUT2D eigenvalue weighted by Crippen LogP contribution is -2.20. The molecule has 102 valence electrons. The molecule has 1 aromatic carbocycles. The van der Waals surface area contributed by atoms with Crippen LogP contribution < -0.4 is 5.32 Å². The fourth-order valence-electron chi connectivity index (χ4n) is 1.72. The van der Waals surface area contributed by atoms with Crippen LogP contribution in [0.2, 0.25) is 0 Å². The number of hydrogen-bond acceptors (Lipinski definition) is 3. The van der Waals surface area contributed by atoms with Gasteiger partial charge in [-0.05, 0) is 18.2 Å². The van der Waals surface area contributed by atoms with E-state index in [2.05, 4.69) is 27.4 Å². The summed E-state index contributed by atoms with van der Waals surface area (Å²) in [5, 5.41) is 18.6. The standard InChI is InChI=1S/C14H13N3O3/c1-9(18)15-7-3-2-4-10-5-6-12-11(8-10)13(14(19)20)17-16-12/h5-6,8H,3,7H2,1H3,(H,15,18)(H,16,17)(H,19,20). The Morgan fingerprint density at radius 2 is 2.25 bits per heavy atom. The summed E-state index contributed by atoms with van der Waals surface area (Å²) in [6.07, 6.45) is 0.536. The van der Waals surface area contributed by atoms with Gasteiger partial charge in [0.25, 0.3) is 0 Å². The van der Waals surface area contributed by atoms with Gasteiger partial charge in [-0.3, -0.25) is 9.89 Å². The Morgan fingerprint density at radius 3 is 2.95 bits per heavy atom. The number of carboxylic acid groups (broad SMARTS) is 1. The van der Waals surface area contributed by atoms with E-state index in [-0.39, 0.29) is 11.6 Å². The summed E-state index contributed by atoms with van der Waals surface area (Å²) in [5.74, 6) is 4.69. The molecule has 0 aliphatic rings. The minimum Gasteiger partial charge on any atom is -0.476 e. The van der Waals surface area contributed by atoms with Gasteiger partial charge in [0, 0.05) is 30.8 Å². The second kappa shape index (κ2) is 5.89. The first kappa shape index (κ1) is 13.6. The number of carbonyl (C=O) groups excluding carboxylic acids is 1. The molecule has 1 heterocycles. The number of carboxylic acids is 1. The van der Waals surface area contributed by atoms with Crippen molar-refractivity contribution in [1.82, 2.24) is 15.5 Å². The highest BCUT2D eigenvalue weighted by Gasteiger charge is 2.12. The molecule has 3 N–H and O–H groups in total. The third kappa shape index (κ3) is 3.14. The molecule has 0 radical (unpaired) electrons. The minimum atomic E-state index is -1.08. The number of nitrogens with zero attached hydrogens (tertiary/aromatic N) is 1. The first-order valence-corrected chi connectivity index (χ1v) is 6.02. The Bertz CT molecular complexity index is 722. The number of aromatic amines is 1. The van der Waals surface area contributed by atoms with Crippen molar-refractivity contribution in [2.75, 3.05) is 6.54 Å². The molecule has 0 unspecified atom stereocenters. The number of nitrogens with one attached hydrogen (secondary N) is 2. The van der Waals surface area contributed by atoms with Crippen molar-refractivity contribution in [2.24, 2.45) is 0 Å². The highest BCUT2D eigenvalue weighted by Crippen LogP contribution is 2.17. The second-order valence-electron chi connectivity index (χ2n) is 4.17. The van der Waals surface area contributed by atoms with Crippen LogP contribution in [0.4, 0.5) is 0 Å². The van der Waals surface area contributed by atoms with Crippen LogP contribution in [0.5, 0.6) is 0 Å². The summed E-state index contributed by atoms with van der Waals surface area (Å²) in [6, 6.07) is 5.22. The molecule has 20 heavy (non-hydrogen) atoms. The fraction of sp³-hybridized carbons (Fsp3) is 0.214. The quantitative estimate of drug-likeness (QED) is 0.576. The van der Waals surface area contributed by atoms with Crippen LogP contribution in [0.3, 0.4) is 0 Å². The third-order valence-corrected chi connectivity index (χ3v) is 2.62. The zero-order chi connectivity index (χ0) is 14.5. The molecule has 1 amide bonds. The van der Waals surface area contributed by atoms with Gasteiger partial charge in [-0.1, -0.05) is 11.8 Å². The number of hydrogen-bond donors (Lipinski definition) is 3. The molecule has 2 rings (SSSR count). The number of aromatic carboxylic acids is 1. The summed E-state index contributed by atoms with van der Waals surface area (Å²) in [5.41, 5.74) is 1.36. The SMILES string of the molecule is CC(=O)NCCC#Cc1ccc2[nH]nc(C(=O)O)c2c1. The summed E-state index contributed by atoms with van der Waals surface area (Å²) in [7, 11) is 0. The van der Waals surface area contributed by atoms with Crippen molar-refractivity contribution in [1.29, 1.82) is 0 Å². The van der Waals surface area contributed by atoms with E-state index in [9.17, 15) is 9.59 Å². The Hall–Kier alpha value is -2.81. The van der Waals surface area contributed by atoms with Crippen LogP contribution in [0.25, 0.3) is 10.9 Å². The number of benzene rings is 1. The number of amides is 1. The van der Waals surface area contributed by atoms with Gasteiger partial charge in [0.05, 0.1) is 5.52 Å². The van der Waals surface area contributed by atoms with Crippen LogP contribution in [0, 0.1) is 11.8 Å². The van der Waals surface area contributed by atoms with E-state index in [1.807, 2.05) is 0 Å². The van der Waals surface area contributed by atoms with E-state index < -0.39 is 5.97 Å². The van der Waals surface area contributed by atoms with E-state index in [4.69, 9.17) is 5.11 Å². The summed E-state index contributed by atoms with van der Waals surface area (Å²) < 4.78 is 0. The predicted octanol–water partition coefficient (Wildman–Crippen LogP) is 1.14. The van der Waals surface area contributed by atoms with Gasteiger partial charge in [0.2, 0.25) is 5.91 Å². The molecule has 0 bridgehead atoms. The van der Waals surface area contributed by atoms with Gasteiger partial charge in [0.15, 0.2) is 5.69 Å². The van der Waals surface area contributed by atoms with E-state index >= 15 is 0 Å². The largest absolute Gasteiger partial charge is 0.476 e. The molecule has 0 fully saturated rings. The van der Waals surface area contributed by atoms with Crippen LogP contribution in [-0.4, -0.2) is 33.7 Å². The molecular weight excluding hydrogens is 258 g/mol. The van der Waals surface area contributed by atoms with Crippen molar-refractivity contribution in [3.05, 3.63) is 29.5 Å². The zero-order valence-corrected chi connectivity index (χ0v) is 10.9. The highest BCUT2D eigenvalue weighted by atomic mass is 16.4. The lowest BCUT2D eigenvalue weighted by atomic mass is 10.1. The minimum absolute atomic E-state index is 0.0121. The molecule has 0 saturated heterocycles. The van der Waals surface area contributed by atoms with E-state index in [0.717, 1.165) is 0 Å². The summed E-state index contributed by atoms with van der Waals surface area (Å²) >= 11 is 0. The van der Waals surface area contributed by atoms with Gasteiger partial charge >= 0.3 is 5.97 Å². The third-order valence-electron chi connectivity index (χ3n) is 2.62. The molecule has 1 aromatic heterocycles. The van der Waals surface area contributed by atoms with Gasteiger partial charge in [0.1, 0.15) is 0 Å². The number of fused-ring (bicyclic) bond motifs is 1. The summed E-state index contributed by atoms with van der Waals surface area (Å²) in [6.45, 7) is 1.95. The van der Waals surface area contributed by atoms with Gasteiger partial charge in [-0.25, -0.2) is 4.79 Å². The maximum Gasteiger partial charge on any atom is 0.357 e. The van der Waals surface area contributed by atoms with E-state index in [0.29, 0.717) is 29.4 Å². The number of carbonyl (C=O) groups is 2. The van der Waals surface area contributed by atoms with Crippen molar-refractivity contribution in [3.63, 3.8) is 0 Å².